The first-order valence-electron chi connectivity index (χ1n) is 9.35. The highest BCUT2D eigenvalue weighted by atomic mass is 35.5. The van der Waals surface area contributed by atoms with E-state index in [0.29, 0.717) is 5.56 Å². The second-order valence-electron chi connectivity index (χ2n) is 7.08. The average Bonchev–Trinajstić information content (AvgIpc) is 2.96. The molecule has 30 heavy (non-hydrogen) atoms. The van der Waals surface area contributed by atoms with Crippen molar-refractivity contribution in [3.63, 3.8) is 0 Å². The van der Waals surface area contributed by atoms with Gasteiger partial charge in [0.2, 0.25) is 0 Å². The minimum absolute atomic E-state index is 0.154. The van der Waals surface area contributed by atoms with Crippen LogP contribution in [0.25, 0.3) is 5.57 Å². The fourth-order valence-electron chi connectivity index (χ4n) is 3.49. The van der Waals surface area contributed by atoms with Crippen molar-refractivity contribution < 1.29 is 9.59 Å². The van der Waals surface area contributed by atoms with Crippen molar-refractivity contribution in [2.24, 2.45) is 0 Å². The van der Waals surface area contributed by atoms with Gasteiger partial charge in [-0.15, -0.1) is 0 Å². The van der Waals surface area contributed by atoms with E-state index in [4.69, 9.17) is 23.2 Å². The zero-order chi connectivity index (χ0) is 21.4. The zero-order valence-electron chi connectivity index (χ0n) is 16.4. The summed E-state index contributed by atoms with van der Waals surface area (Å²) in [6.45, 7) is 3.95. The van der Waals surface area contributed by atoms with Crippen LogP contribution in [-0.4, -0.2) is 11.8 Å². The molecule has 0 spiro atoms. The quantitative estimate of drug-likeness (QED) is 0.509. The lowest BCUT2D eigenvalue weighted by atomic mass is 10.0. The Hall–Kier alpha value is -3.08. The lowest BCUT2D eigenvalue weighted by Crippen LogP contribution is -2.32. The molecule has 0 unspecified atom stereocenters. The molecule has 0 saturated carbocycles. The molecule has 0 bridgehead atoms. The molecule has 0 fully saturated rings. The van der Waals surface area contributed by atoms with Crippen molar-refractivity contribution in [1.29, 1.82) is 0 Å². The van der Waals surface area contributed by atoms with E-state index in [0.717, 1.165) is 21.7 Å². The van der Waals surface area contributed by atoms with Crippen molar-refractivity contribution >= 4 is 52.0 Å². The van der Waals surface area contributed by atoms with Gasteiger partial charge in [0.15, 0.2) is 0 Å². The number of benzene rings is 3. The third-order valence-corrected chi connectivity index (χ3v) is 5.77. The summed E-state index contributed by atoms with van der Waals surface area (Å²) in [7, 11) is 0. The lowest BCUT2D eigenvalue weighted by molar-refractivity contribution is -0.120. The van der Waals surface area contributed by atoms with Gasteiger partial charge in [0.25, 0.3) is 11.8 Å². The molecule has 1 aliphatic heterocycles. The van der Waals surface area contributed by atoms with Gasteiger partial charge in [-0.05, 0) is 43.2 Å². The number of carbonyl (C=O) groups excluding carboxylic acids is 2. The molecular formula is C24H18Cl2N2O2. The smallest absolute Gasteiger partial charge is 0.282 e. The maximum atomic E-state index is 13.4. The van der Waals surface area contributed by atoms with E-state index in [2.05, 4.69) is 5.32 Å². The van der Waals surface area contributed by atoms with Crippen LogP contribution >= 0.6 is 23.2 Å². The summed E-state index contributed by atoms with van der Waals surface area (Å²) in [5.41, 5.74) is 4.22. The lowest BCUT2D eigenvalue weighted by Gasteiger charge is -2.17. The van der Waals surface area contributed by atoms with Crippen LogP contribution in [0.2, 0.25) is 10.0 Å². The standard InChI is InChI=1S/C24H18Cl2N2O2/c1-14-11-12-18(15(2)13-14)27-22-20(16-7-4-3-5-8-16)23(29)28(24(22)30)19-10-6-9-17(25)21(19)26/h3-13,27H,1-2H3. The monoisotopic (exact) mass is 436 g/mol. The second-order valence-corrected chi connectivity index (χ2v) is 7.86. The van der Waals surface area contributed by atoms with Crippen molar-refractivity contribution in [3.8, 4) is 0 Å². The number of halogens is 2. The molecule has 0 aromatic heterocycles. The summed E-state index contributed by atoms with van der Waals surface area (Å²) in [4.78, 5) is 27.9. The van der Waals surface area contributed by atoms with Crippen LogP contribution in [0, 0.1) is 13.8 Å². The Morgan fingerprint density at radius 1 is 0.833 bits per heavy atom. The summed E-state index contributed by atoms with van der Waals surface area (Å²) in [5.74, 6) is -0.939. The summed E-state index contributed by atoms with van der Waals surface area (Å²) < 4.78 is 0. The first-order valence-corrected chi connectivity index (χ1v) is 10.1. The van der Waals surface area contributed by atoms with Crippen LogP contribution in [0.15, 0.2) is 72.4 Å². The van der Waals surface area contributed by atoms with Gasteiger partial charge in [0, 0.05) is 5.69 Å². The number of nitrogens with zero attached hydrogens (tertiary/aromatic N) is 1. The van der Waals surface area contributed by atoms with E-state index < -0.39 is 11.8 Å². The van der Waals surface area contributed by atoms with Gasteiger partial charge in [0.05, 0.1) is 21.3 Å². The summed E-state index contributed by atoms with van der Waals surface area (Å²) in [6.07, 6.45) is 0. The number of anilines is 2. The Labute approximate surface area is 184 Å². The Bertz CT molecular complexity index is 1200. The van der Waals surface area contributed by atoms with Crippen molar-refractivity contribution in [2.45, 2.75) is 13.8 Å². The molecule has 4 rings (SSSR count). The molecule has 3 aromatic rings. The number of hydrogen-bond acceptors (Lipinski definition) is 3. The first-order chi connectivity index (χ1) is 14.4. The number of rotatable bonds is 4. The summed E-state index contributed by atoms with van der Waals surface area (Å²) in [6, 6.07) is 19.8. The number of aryl methyl sites for hydroxylation is 2. The van der Waals surface area contributed by atoms with Crippen LogP contribution in [0.5, 0.6) is 0 Å². The van der Waals surface area contributed by atoms with Crippen molar-refractivity contribution in [3.05, 3.63) is 99.2 Å². The van der Waals surface area contributed by atoms with E-state index in [9.17, 15) is 9.59 Å². The van der Waals surface area contributed by atoms with Crippen molar-refractivity contribution in [1.82, 2.24) is 0 Å². The number of carbonyl (C=O) groups is 2. The van der Waals surface area contributed by atoms with Gasteiger partial charge in [-0.3, -0.25) is 9.59 Å². The predicted octanol–water partition coefficient (Wildman–Crippen LogP) is 6.01. The Morgan fingerprint density at radius 2 is 1.57 bits per heavy atom. The highest BCUT2D eigenvalue weighted by molar-refractivity contribution is 6.50. The molecule has 3 aromatic carbocycles. The van der Waals surface area contributed by atoms with E-state index in [-0.39, 0.29) is 27.0 Å². The number of imide groups is 1. The van der Waals surface area contributed by atoms with Crippen LogP contribution in [0.3, 0.4) is 0 Å². The van der Waals surface area contributed by atoms with E-state index in [1.54, 1.807) is 30.3 Å². The fourth-order valence-corrected chi connectivity index (χ4v) is 3.87. The molecular weight excluding hydrogens is 419 g/mol. The molecule has 0 aliphatic carbocycles. The first kappa shape index (κ1) is 20.2. The van der Waals surface area contributed by atoms with Gasteiger partial charge in [-0.1, -0.05) is 77.3 Å². The highest BCUT2D eigenvalue weighted by Crippen LogP contribution is 2.39. The zero-order valence-corrected chi connectivity index (χ0v) is 17.9. The third-order valence-electron chi connectivity index (χ3n) is 4.96. The molecule has 0 atom stereocenters. The SMILES string of the molecule is Cc1ccc(NC2=C(c3ccccc3)C(=O)N(c3cccc(Cl)c3Cl)C2=O)c(C)c1. The maximum Gasteiger partial charge on any atom is 0.282 e. The largest absolute Gasteiger partial charge is 0.350 e. The second kappa shape index (κ2) is 7.98. The van der Waals surface area contributed by atoms with E-state index in [1.807, 2.05) is 50.2 Å². The van der Waals surface area contributed by atoms with Gasteiger partial charge in [0.1, 0.15) is 5.70 Å². The number of nitrogens with one attached hydrogen (secondary N) is 1. The molecule has 150 valence electrons. The number of hydrogen-bond donors (Lipinski definition) is 1. The van der Waals surface area contributed by atoms with E-state index in [1.165, 1.54) is 0 Å². The molecule has 1 N–H and O–H groups in total. The molecule has 1 heterocycles. The maximum absolute atomic E-state index is 13.4. The normalized spacial score (nSPS) is 13.9. The molecule has 1 aliphatic rings. The highest BCUT2D eigenvalue weighted by Gasteiger charge is 2.41. The summed E-state index contributed by atoms with van der Waals surface area (Å²) in [5, 5.41) is 3.61. The number of amides is 2. The van der Waals surface area contributed by atoms with E-state index >= 15 is 0 Å². The van der Waals surface area contributed by atoms with Gasteiger partial charge in [-0.25, -0.2) is 4.90 Å². The van der Waals surface area contributed by atoms with Gasteiger partial charge < -0.3 is 5.32 Å². The molecule has 2 amide bonds. The van der Waals surface area contributed by atoms with Gasteiger partial charge >= 0.3 is 0 Å². The van der Waals surface area contributed by atoms with Crippen LogP contribution in [0.1, 0.15) is 16.7 Å². The topological polar surface area (TPSA) is 49.4 Å². The van der Waals surface area contributed by atoms with Crippen LogP contribution in [0.4, 0.5) is 11.4 Å². The third kappa shape index (κ3) is 3.49. The summed E-state index contributed by atoms with van der Waals surface area (Å²) >= 11 is 12.5. The molecule has 0 radical (unpaired) electrons. The molecule has 0 saturated heterocycles. The Balaban J connectivity index is 1.86. The predicted molar refractivity (Wildman–Crippen MR) is 122 cm³/mol. The minimum atomic E-state index is -0.483. The Morgan fingerprint density at radius 3 is 2.27 bits per heavy atom. The van der Waals surface area contributed by atoms with Crippen LogP contribution < -0.4 is 10.2 Å². The minimum Gasteiger partial charge on any atom is -0.350 e. The van der Waals surface area contributed by atoms with Crippen LogP contribution in [-0.2, 0) is 9.59 Å². The van der Waals surface area contributed by atoms with Gasteiger partial charge in [-0.2, -0.15) is 0 Å². The molecule has 4 nitrogen and oxygen atoms in total. The molecule has 6 heteroatoms. The fraction of sp³-hybridized carbons (Fsp3) is 0.0833. The van der Waals surface area contributed by atoms with Crippen molar-refractivity contribution in [2.75, 3.05) is 10.2 Å². The Kier molecular flexibility index (Phi) is 5.37. The average molecular weight is 437 g/mol.